The van der Waals surface area contributed by atoms with E-state index in [1.807, 2.05) is 66.7 Å². The molecule has 1 saturated heterocycles. The SMILES string of the molecule is COC(=O)[C@H](CCCNC(=O)OCC1c2ccccc2-c2ccccc21)NC(=O)[C@@H]1CCCN1C(=O)[C@H](/C=C/[C@H](CC(C)C)NC(=O)OC(C)(C)C)Cc1ccccc1. The van der Waals surface area contributed by atoms with Crippen molar-refractivity contribution in [1.82, 2.24) is 20.9 Å². The van der Waals surface area contributed by atoms with Gasteiger partial charge in [0.25, 0.3) is 0 Å². The summed E-state index contributed by atoms with van der Waals surface area (Å²) in [4.78, 5) is 68.1. The van der Waals surface area contributed by atoms with E-state index in [2.05, 4.69) is 54.1 Å². The molecule has 59 heavy (non-hydrogen) atoms. The maximum absolute atomic E-state index is 14.4. The molecular formula is C47H60N4O8. The van der Waals surface area contributed by atoms with Gasteiger partial charge in [-0.15, -0.1) is 0 Å². The van der Waals surface area contributed by atoms with Gasteiger partial charge in [0.1, 0.15) is 24.3 Å². The minimum atomic E-state index is -0.981. The fourth-order valence-electron chi connectivity index (χ4n) is 7.85. The molecule has 0 aromatic heterocycles. The Labute approximate surface area is 348 Å². The number of hydrogen-bond acceptors (Lipinski definition) is 8. The first-order valence-electron chi connectivity index (χ1n) is 20.7. The molecule has 2 aliphatic rings. The number of benzene rings is 3. The van der Waals surface area contributed by atoms with E-state index in [1.54, 1.807) is 25.7 Å². The van der Waals surface area contributed by atoms with Crippen LogP contribution in [0.4, 0.5) is 9.59 Å². The maximum atomic E-state index is 14.4. The lowest BCUT2D eigenvalue weighted by Gasteiger charge is -2.29. The molecular weight excluding hydrogens is 749 g/mol. The molecule has 12 nitrogen and oxygen atoms in total. The summed E-state index contributed by atoms with van der Waals surface area (Å²) in [5.41, 5.74) is 4.80. The van der Waals surface area contributed by atoms with Crippen molar-refractivity contribution in [3.8, 4) is 11.1 Å². The van der Waals surface area contributed by atoms with Crippen LogP contribution in [0.3, 0.4) is 0 Å². The van der Waals surface area contributed by atoms with E-state index < -0.39 is 47.7 Å². The number of methoxy groups -OCH3 is 1. The van der Waals surface area contributed by atoms with E-state index in [1.165, 1.54) is 7.11 Å². The molecule has 1 aliphatic carbocycles. The lowest BCUT2D eigenvalue weighted by Crippen LogP contribution is -2.52. The zero-order valence-electron chi connectivity index (χ0n) is 35.2. The molecule has 1 fully saturated rings. The fraction of sp³-hybridized carbons (Fsp3) is 0.468. The zero-order valence-corrected chi connectivity index (χ0v) is 35.2. The van der Waals surface area contributed by atoms with Crippen LogP contribution in [0.1, 0.15) is 89.3 Å². The van der Waals surface area contributed by atoms with Crippen LogP contribution in [0.5, 0.6) is 0 Å². The molecule has 0 bridgehead atoms. The highest BCUT2D eigenvalue weighted by atomic mass is 16.6. The highest BCUT2D eigenvalue weighted by molar-refractivity contribution is 5.92. The number of ether oxygens (including phenoxy) is 3. The van der Waals surface area contributed by atoms with Gasteiger partial charge in [0.05, 0.1) is 19.1 Å². The van der Waals surface area contributed by atoms with Crippen molar-refractivity contribution in [3.05, 3.63) is 108 Å². The van der Waals surface area contributed by atoms with Crippen molar-refractivity contribution < 1.29 is 38.2 Å². The second-order valence-electron chi connectivity index (χ2n) is 16.7. The summed E-state index contributed by atoms with van der Waals surface area (Å²) in [7, 11) is 1.26. The number of likely N-dealkylation sites (tertiary alicyclic amines) is 1. The van der Waals surface area contributed by atoms with Gasteiger partial charge in [-0.05, 0) is 93.0 Å². The first-order chi connectivity index (χ1) is 28.2. The number of amides is 4. The van der Waals surface area contributed by atoms with Gasteiger partial charge >= 0.3 is 18.2 Å². The van der Waals surface area contributed by atoms with Gasteiger partial charge in [-0.3, -0.25) is 9.59 Å². The molecule has 0 saturated carbocycles. The van der Waals surface area contributed by atoms with Crippen molar-refractivity contribution in [2.45, 2.75) is 103 Å². The molecule has 4 amide bonds. The quantitative estimate of drug-likeness (QED) is 0.0556. The number of rotatable bonds is 17. The predicted molar refractivity (Wildman–Crippen MR) is 226 cm³/mol. The molecule has 3 aromatic rings. The summed E-state index contributed by atoms with van der Waals surface area (Å²) in [5.74, 6) is -1.72. The standard InChI is InChI=1S/C47H60N4O8/c1-31(2)28-34(49-46(56)59-47(3,4)5)25-24-33(29-32-16-8-7-9-17-32)43(53)51-27-15-23-41(51)42(52)50-40(44(54)57-6)22-14-26-48-45(55)58-30-39-37-20-12-10-18-35(37)36-19-11-13-21-38(36)39/h7-13,16-21,24-25,31,33-34,39-41H,14-15,22-23,26-30H2,1-6H3,(H,48,55)(H,49,56)(H,50,52)/b25-24+/t33-,34-,40+,41+/m1/s1. The van der Waals surface area contributed by atoms with Crippen LogP contribution in [-0.4, -0.2) is 85.4 Å². The summed E-state index contributed by atoms with van der Waals surface area (Å²) in [6.45, 7) is 10.3. The Morgan fingerprint density at radius 1 is 0.847 bits per heavy atom. The minimum Gasteiger partial charge on any atom is -0.467 e. The van der Waals surface area contributed by atoms with Gasteiger partial charge < -0.3 is 35.1 Å². The summed E-state index contributed by atoms with van der Waals surface area (Å²) >= 11 is 0. The van der Waals surface area contributed by atoms with Crippen LogP contribution in [0, 0.1) is 11.8 Å². The molecule has 0 unspecified atom stereocenters. The van der Waals surface area contributed by atoms with Crippen LogP contribution in [0.2, 0.25) is 0 Å². The van der Waals surface area contributed by atoms with E-state index in [0.717, 1.165) is 27.8 Å². The molecule has 316 valence electrons. The van der Waals surface area contributed by atoms with Gasteiger partial charge in [-0.1, -0.05) is 105 Å². The number of nitrogens with one attached hydrogen (secondary N) is 3. The van der Waals surface area contributed by atoms with Gasteiger partial charge in [0.15, 0.2) is 0 Å². The summed E-state index contributed by atoms with van der Waals surface area (Å²) in [6.07, 6.45) is 5.21. The van der Waals surface area contributed by atoms with Crippen molar-refractivity contribution >= 4 is 30.0 Å². The second-order valence-corrected chi connectivity index (χ2v) is 16.7. The van der Waals surface area contributed by atoms with Crippen LogP contribution in [-0.2, 0) is 35.0 Å². The molecule has 3 aromatic carbocycles. The third kappa shape index (κ3) is 12.7. The van der Waals surface area contributed by atoms with Gasteiger partial charge in [0.2, 0.25) is 11.8 Å². The van der Waals surface area contributed by atoms with E-state index >= 15 is 0 Å². The molecule has 1 heterocycles. The average molecular weight is 809 g/mol. The first-order valence-corrected chi connectivity index (χ1v) is 20.7. The van der Waals surface area contributed by atoms with E-state index in [0.29, 0.717) is 38.6 Å². The van der Waals surface area contributed by atoms with E-state index in [-0.39, 0.29) is 43.4 Å². The number of carbonyl (C=O) groups excluding carboxylic acids is 5. The normalized spacial score (nSPS) is 16.5. The monoisotopic (exact) mass is 808 g/mol. The highest BCUT2D eigenvalue weighted by Crippen LogP contribution is 2.44. The second kappa shape index (κ2) is 20.9. The predicted octanol–water partition coefficient (Wildman–Crippen LogP) is 7.31. The van der Waals surface area contributed by atoms with Crippen molar-refractivity contribution in [1.29, 1.82) is 0 Å². The number of alkyl carbamates (subject to hydrolysis) is 2. The Kier molecular flexibility index (Phi) is 15.7. The Morgan fingerprint density at radius 2 is 1.49 bits per heavy atom. The van der Waals surface area contributed by atoms with Crippen LogP contribution < -0.4 is 16.0 Å². The number of fused-ring (bicyclic) bond motifs is 3. The smallest absolute Gasteiger partial charge is 0.408 e. The maximum Gasteiger partial charge on any atom is 0.408 e. The van der Waals surface area contributed by atoms with E-state index in [9.17, 15) is 24.0 Å². The van der Waals surface area contributed by atoms with E-state index in [4.69, 9.17) is 14.2 Å². The van der Waals surface area contributed by atoms with Crippen LogP contribution >= 0.6 is 0 Å². The van der Waals surface area contributed by atoms with Gasteiger partial charge in [-0.25, -0.2) is 14.4 Å². The number of nitrogens with zero attached hydrogens (tertiary/aromatic N) is 1. The topological polar surface area (TPSA) is 152 Å². The van der Waals surface area contributed by atoms with Gasteiger partial charge in [-0.2, -0.15) is 0 Å². The molecule has 12 heteroatoms. The molecule has 4 atom stereocenters. The molecule has 1 aliphatic heterocycles. The van der Waals surface area contributed by atoms with Crippen LogP contribution in [0.25, 0.3) is 11.1 Å². The highest BCUT2D eigenvalue weighted by Gasteiger charge is 2.38. The Balaban J connectivity index is 1.18. The Hall–Kier alpha value is -5.65. The Morgan fingerprint density at radius 3 is 2.12 bits per heavy atom. The first kappa shape index (κ1) is 44.5. The van der Waals surface area contributed by atoms with Crippen LogP contribution in [0.15, 0.2) is 91.0 Å². The lowest BCUT2D eigenvalue weighted by molar-refractivity contribution is -0.146. The minimum absolute atomic E-state index is 0.0679. The fourth-order valence-corrected chi connectivity index (χ4v) is 7.85. The molecule has 0 radical (unpaired) electrons. The Bertz CT molecular complexity index is 1900. The van der Waals surface area contributed by atoms with Crippen molar-refractivity contribution in [3.63, 3.8) is 0 Å². The van der Waals surface area contributed by atoms with Gasteiger partial charge in [0, 0.05) is 19.0 Å². The number of hydrogen-bond donors (Lipinski definition) is 3. The number of esters is 1. The number of carbonyl (C=O) groups is 5. The molecule has 0 spiro atoms. The molecule has 5 rings (SSSR count). The third-order valence-electron chi connectivity index (χ3n) is 10.5. The van der Waals surface area contributed by atoms with Crippen molar-refractivity contribution in [2.24, 2.45) is 11.8 Å². The largest absolute Gasteiger partial charge is 0.467 e. The summed E-state index contributed by atoms with van der Waals surface area (Å²) in [6, 6.07) is 23.7. The third-order valence-corrected chi connectivity index (χ3v) is 10.5. The zero-order chi connectivity index (χ0) is 42.5. The summed E-state index contributed by atoms with van der Waals surface area (Å²) in [5, 5.41) is 8.54. The van der Waals surface area contributed by atoms with Crippen molar-refractivity contribution in [2.75, 3.05) is 26.8 Å². The summed E-state index contributed by atoms with van der Waals surface area (Å²) < 4.78 is 16.2. The molecule has 3 N–H and O–H groups in total. The average Bonchev–Trinajstić information content (AvgIpc) is 3.82. The lowest BCUT2D eigenvalue weighted by atomic mass is 9.95.